The minimum atomic E-state index is -0.288. The first kappa shape index (κ1) is 32.5. The Labute approximate surface area is 277 Å². The number of ether oxygens (including phenoxy) is 1. The molecule has 230 valence electrons. The average Bonchev–Trinajstić information content (AvgIpc) is 3.13. The summed E-state index contributed by atoms with van der Waals surface area (Å²) in [5, 5.41) is 18.3. The molecule has 0 radical (unpaired) electrons. The molecule has 46 heavy (non-hydrogen) atoms. The van der Waals surface area contributed by atoms with Gasteiger partial charge < -0.3 is 4.74 Å². The van der Waals surface area contributed by atoms with E-state index in [2.05, 4.69) is 44.4 Å². The molecular weight excluding hydrogens is 613 g/mol. The molecule has 0 bridgehead atoms. The topological polar surface area (TPSA) is 104 Å². The van der Waals surface area contributed by atoms with Crippen LogP contribution in [0.1, 0.15) is 13.8 Å². The number of hydrogen-bond acceptors (Lipinski definition) is 10. The van der Waals surface area contributed by atoms with Crippen LogP contribution >= 0.6 is 23.5 Å². The summed E-state index contributed by atoms with van der Waals surface area (Å²) in [6, 6.07) is 39.8. The number of carbonyl (C=O) groups excluding carboxylic acids is 1. The molecule has 0 amide bonds. The summed E-state index contributed by atoms with van der Waals surface area (Å²) in [4.78, 5) is 20.9. The molecule has 0 saturated heterocycles. The van der Waals surface area contributed by atoms with Crippen LogP contribution in [-0.4, -0.2) is 54.4 Å². The van der Waals surface area contributed by atoms with Crippen molar-refractivity contribution >= 4 is 29.5 Å². The Morgan fingerprint density at radius 2 is 0.891 bits per heavy atom. The van der Waals surface area contributed by atoms with Gasteiger partial charge in [0.15, 0.2) is 0 Å². The zero-order chi connectivity index (χ0) is 32.0. The van der Waals surface area contributed by atoms with E-state index in [-0.39, 0.29) is 11.7 Å². The third-order valence-corrected chi connectivity index (χ3v) is 7.95. The number of benzene rings is 4. The van der Waals surface area contributed by atoms with Crippen LogP contribution in [0.15, 0.2) is 132 Å². The van der Waals surface area contributed by atoms with Gasteiger partial charge in [-0.25, -0.2) is 9.97 Å². The molecule has 2 aromatic heterocycles. The number of carbonyl (C=O) groups is 1. The smallest absolute Gasteiger partial charge is 0.316 e. The van der Waals surface area contributed by atoms with E-state index in [9.17, 15) is 4.79 Å². The SMILES string of the molecule is CCOC(=O)CSc1nnc(-c2ccccc2)c(-c2ccccc2)n1.CCSc1nnc(-c2ccccc2)c(-c2ccccc2)n1. The maximum atomic E-state index is 11.5. The predicted octanol–water partition coefficient (Wildman–Crippen LogP) is 8.18. The number of aromatic nitrogens is 6. The fourth-order valence-electron chi connectivity index (χ4n) is 4.38. The predicted molar refractivity (Wildman–Crippen MR) is 185 cm³/mol. The number of thioether (sulfide) groups is 2. The summed E-state index contributed by atoms with van der Waals surface area (Å²) in [6.45, 7) is 4.23. The van der Waals surface area contributed by atoms with Crippen molar-refractivity contribution in [3.63, 3.8) is 0 Å². The molecule has 0 aliphatic heterocycles. The number of esters is 1. The molecule has 0 N–H and O–H groups in total. The summed E-state index contributed by atoms with van der Waals surface area (Å²) in [5.41, 5.74) is 7.15. The Bertz CT molecular complexity index is 1830. The molecule has 8 nitrogen and oxygen atoms in total. The van der Waals surface area contributed by atoms with E-state index in [1.54, 1.807) is 18.7 Å². The van der Waals surface area contributed by atoms with Crippen molar-refractivity contribution in [3.8, 4) is 45.0 Å². The van der Waals surface area contributed by atoms with Crippen LogP contribution < -0.4 is 0 Å². The molecule has 0 atom stereocenters. The highest BCUT2D eigenvalue weighted by Gasteiger charge is 2.15. The van der Waals surface area contributed by atoms with Gasteiger partial charge in [-0.2, -0.15) is 0 Å². The zero-order valence-electron chi connectivity index (χ0n) is 25.5. The first-order valence-corrected chi connectivity index (χ1v) is 16.8. The van der Waals surface area contributed by atoms with Gasteiger partial charge in [-0.15, -0.1) is 20.4 Å². The Kier molecular flexibility index (Phi) is 12.0. The van der Waals surface area contributed by atoms with Crippen molar-refractivity contribution in [1.82, 2.24) is 30.4 Å². The van der Waals surface area contributed by atoms with Gasteiger partial charge in [0, 0.05) is 22.3 Å². The van der Waals surface area contributed by atoms with Gasteiger partial charge in [0.25, 0.3) is 0 Å². The van der Waals surface area contributed by atoms with E-state index >= 15 is 0 Å². The Balaban J connectivity index is 0.000000184. The van der Waals surface area contributed by atoms with E-state index in [1.807, 2.05) is 109 Å². The normalized spacial score (nSPS) is 10.5. The Morgan fingerprint density at radius 3 is 1.26 bits per heavy atom. The van der Waals surface area contributed by atoms with Crippen molar-refractivity contribution < 1.29 is 9.53 Å². The van der Waals surface area contributed by atoms with Crippen LogP contribution in [-0.2, 0) is 9.53 Å². The minimum absolute atomic E-state index is 0.161. The summed E-state index contributed by atoms with van der Waals surface area (Å²) in [6.07, 6.45) is 0. The Morgan fingerprint density at radius 1 is 0.522 bits per heavy atom. The summed E-state index contributed by atoms with van der Waals surface area (Å²) in [7, 11) is 0. The van der Waals surface area contributed by atoms with Gasteiger partial charge in [-0.1, -0.05) is 152 Å². The lowest BCUT2D eigenvalue weighted by Gasteiger charge is -2.09. The summed E-state index contributed by atoms with van der Waals surface area (Å²) in [5.74, 6) is 0.805. The number of nitrogens with zero attached hydrogens (tertiary/aromatic N) is 6. The third-order valence-electron chi connectivity index (χ3n) is 6.42. The van der Waals surface area contributed by atoms with Gasteiger partial charge >= 0.3 is 5.97 Å². The van der Waals surface area contributed by atoms with Gasteiger partial charge in [0.05, 0.1) is 12.4 Å². The molecule has 0 unspecified atom stereocenters. The highest BCUT2D eigenvalue weighted by atomic mass is 32.2. The lowest BCUT2D eigenvalue weighted by atomic mass is 10.0. The largest absolute Gasteiger partial charge is 0.465 e. The maximum Gasteiger partial charge on any atom is 0.316 e. The van der Waals surface area contributed by atoms with Crippen molar-refractivity contribution in [2.45, 2.75) is 24.2 Å². The zero-order valence-corrected chi connectivity index (χ0v) is 27.1. The highest BCUT2D eigenvalue weighted by Crippen LogP contribution is 2.31. The van der Waals surface area contributed by atoms with Crippen molar-refractivity contribution in [2.75, 3.05) is 18.1 Å². The van der Waals surface area contributed by atoms with E-state index < -0.39 is 0 Å². The number of rotatable bonds is 10. The molecule has 0 aliphatic rings. The fourth-order valence-corrected chi connectivity index (χ4v) is 5.47. The molecule has 2 heterocycles. The van der Waals surface area contributed by atoms with Crippen LogP contribution in [0.2, 0.25) is 0 Å². The van der Waals surface area contributed by atoms with Gasteiger partial charge in [0.1, 0.15) is 22.8 Å². The molecule has 6 aromatic rings. The van der Waals surface area contributed by atoms with E-state index in [0.717, 1.165) is 50.2 Å². The van der Waals surface area contributed by atoms with Crippen molar-refractivity contribution in [1.29, 1.82) is 0 Å². The first-order chi connectivity index (χ1) is 22.7. The fraction of sp³-hybridized carbons (Fsp3) is 0.139. The summed E-state index contributed by atoms with van der Waals surface area (Å²) >= 11 is 2.83. The van der Waals surface area contributed by atoms with Crippen molar-refractivity contribution in [3.05, 3.63) is 121 Å². The third kappa shape index (κ3) is 8.83. The van der Waals surface area contributed by atoms with E-state index in [4.69, 9.17) is 9.72 Å². The molecule has 0 fully saturated rings. The molecule has 0 spiro atoms. The standard InChI is InChI=1S/C19H17N3O2S.C17H15N3S/c1-2-24-16(23)13-25-19-20-17(14-9-5-3-6-10-14)18(21-22-19)15-11-7-4-8-12-15;1-2-21-17-18-15(13-9-5-3-6-10-13)16(19-20-17)14-11-7-4-8-12-14/h3-12H,2,13H2,1H3;3-12H,2H2,1H3. The molecule has 0 saturated carbocycles. The van der Waals surface area contributed by atoms with E-state index in [1.165, 1.54) is 11.8 Å². The average molecular weight is 645 g/mol. The molecular formula is C36H32N6O2S2. The number of hydrogen-bond donors (Lipinski definition) is 0. The minimum Gasteiger partial charge on any atom is -0.465 e. The molecule has 6 rings (SSSR count). The van der Waals surface area contributed by atoms with Crippen LogP contribution in [0.4, 0.5) is 0 Å². The van der Waals surface area contributed by atoms with Crippen molar-refractivity contribution in [2.24, 2.45) is 0 Å². The highest BCUT2D eigenvalue weighted by molar-refractivity contribution is 7.99. The maximum absolute atomic E-state index is 11.5. The second kappa shape index (κ2) is 17.0. The Hall–Kier alpha value is -4.93. The second-order valence-electron chi connectivity index (χ2n) is 9.57. The lowest BCUT2D eigenvalue weighted by Crippen LogP contribution is -2.07. The molecule has 4 aromatic carbocycles. The van der Waals surface area contributed by atoms with Gasteiger partial charge in [-0.05, 0) is 12.7 Å². The van der Waals surface area contributed by atoms with Crippen LogP contribution in [0, 0.1) is 0 Å². The van der Waals surface area contributed by atoms with Gasteiger partial charge in [0.2, 0.25) is 10.3 Å². The van der Waals surface area contributed by atoms with Crippen LogP contribution in [0.3, 0.4) is 0 Å². The van der Waals surface area contributed by atoms with Crippen LogP contribution in [0.5, 0.6) is 0 Å². The lowest BCUT2D eigenvalue weighted by molar-refractivity contribution is -0.139. The first-order valence-electron chi connectivity index (χ1n) is 14.8. The molecule has 10 heteroatoms. The monoisotopic (exact) mass is 644 g/mol. The summed E-state index contributed by atoms with van der Waals surface area (Å²) < 4.78 is 4.94. The van der Waals surface area contributed by atoms with E-state index in [0.29, 0.717) is 17.5 Å². The molecule has 0 aliphatic carbocycles. The van der Waals surface area contributed by atoms with Gasteiger partial charge in [-0.3, -0.25) is 4.79 Å². The second-order valence-corrected chi connectivity index (χ2v) is 11.7. The van der Waals surface area contributed by atoms with Crippen LogP contribution in [0.25, 0.3) is 45.0 Å². The quantitative estimate of drug-likeness (QED) is 0.107.